The topological polar surface area (TPSA) is 3.24 Å². The normalized spacial score (nSPS) is 12.7. The van der Waals surface area contributed by atoms with Crippen LogP contribution in [-0.2, 0) is 5.41 Å². The third kappa shape index (κ3) is 6.70. The predicted molar refractivity (Wildman–Crippen MR) is 290 cm³/mol. The van der Waals surface area contributed by atoms with E-state index in [9.17, 15) is 0 Å². The lowest BCUT2D eigenvalue weighted by atomic mass is 9.82. The van der Waals surface area contributed by atoms with Crippen LogP contribution in [0.1, 0.15) is 25.0 Å². The summed E-state index contributed by atoms with van der Waals surface area (Å²) < 4.78 is 0. The van der Waals surface area contributed by atoms with Crippen molar-refractivity contribution in [1.29, 1.82) is 0 Å². The Bertz CT molecular complexity index is 3690. The number of hydrogen-bond donors (Lipinski definition) is 0. The van der Waals surface area contributed by atoms with Gasteiger partial charge in [-0.05, 0) is 158 Å². The molecule has 0 atom stereocenters. The van der Waals surface area contributed by atoms with E-state index in [1.165, 1.54) is 110 Å². The lowest BCUT2D eigenvalue weighted by Gasteiger charge is -2.28. The lowest BCUT2D eigenvalue weighted by molar-refractivity contribution is 0.660. The minimum atomic E-state index is -0.109. The molecule has 0 saturated heterocycles. The van der Waals surface area contributed by atoms with Gasteiger partial charge in [-0.1, -0.05) is 214 Å². The Morgan fingerprint density at radius 1 is 0.250 bits per heavy atom. The zero-order valence-corrected chi connectivity index (χ0v) is 38.1. The first-order valence-electron chi connectivity index (χ1n) is 23.7. The maximum atomic E-state index is 2.42. The van der Waals surface area contributed by atoms with Crippen LogP contribution in [0.15, 0.2) is 249 Å². The van der Waals surface area contributed by atoms with Crippen LogP contribution in [0.2, 0.25) is 0 Å². The Hall–Kier alpha value is -8.52. The van der Waals surface area contributed by atoms with Gasteiger partial charge in [0.1, 0.15) is 0 Å². The zero-order chi connectivity index (χ0) is 45.3. The van der Waals surface area contributed by atoms with Crippen LogP contribution in [-0.4, -0.2) is 0 Å². The van der Waals surface area contributed by atoms with Gasteiger partial charge >= 0.3 is 0 Å². The summed E-state index contributed by atoms with van der Waals surface area (Å²) in [4.78, 5) is 2.41. The van der Waals surface area contributed by atoms with E-state index in [2.05, 4.69) is 267 Å². The van der Waals surface area contributed by atoms with Crippen LogP contribution in [0, 0.1) is 0 Å². The summed E-state index contributed by atoms with van der Waals surface area (Å²) in [5, 5.41) is 10.2. The number of rotatable bonds is 7. The van der Waals surface area contributed by atoms with Crippen molar-refractivity contribution in [3.05, 3.63) is 260 Å². The molecule has 12 aromatic carbocycles. The second kappa shape index (κ2) is 15.8. The SMILES string of the molecule is CC1(C)c2ccccc2-c2ccc(N(c3ccc(-c4ccc(-c5ccc6c(ccc7ccccc76)c5)cc4)cc3)c3ccc(-c4ccc(-c5ccc6c(ccc7ccccc76)c5)cc4)cc3)cc21. The Morgan fingerprint density at radius 3 is 1.10 bits per heavy atom. The van der Waals surface area contributed by atoms with Crippen LogP contribution in [0.5, 0.6) is 0 Å². The van der Waals surface area contributed by atoms with Gasteiger partial charge in [0.25, 0.3) is 0 Å². The van der Waals surface area contributed by atoms with Gasteiger partial charge in [-0.25, -0.2) is 0 Å². The fourth-order valence-electron chi connectivity index (χ4n) is 11.0. The van der Waals surface area contributed by atoms with E-state index in [0.29, 0.717) is 0 Å². The first-order valence-corrected chi connectivity index (χ1v) is 23.7. The van der Waals surface area contributed by atoms with Crippen molar-refractivity contribution >= 4 is 60.2 Å². The lowest BCUT2D eigenvalue weighted by Crippen LogP contribution is -2.16. The first-order chi connectivity index (χ1) is 33.4. The molecule has 1 heteroatoms. The average Bonchev–Trinajstić information content (AvgIpc) is 3.63. The van der Waals surface area contributed by atoms with Gasteiger partial charge in [-0.15, -0.1) is 0 Å². The van der Waals surface area contributed by atoms with Crippen LogP contribution in [0.3, 0.4) is 0 Å². The van der Waals surface area contributed by atoms with Crippen molar-refractivity contribution in [2.24, 2.45) is 0 Å². The fraction of sp³-hybridized carbons (Fsp3) is 0.0448. The largest absolute Gasteiger partial charge is 0.310 e. The average molecular weight is 866 g/mol. The Balaban J connectivity index is 0.811. The highest BCUT2D eigenvalue weighted by molar-refractivity contribution is 6.09. The fourth-order valence-corrected chi connectivity index (χ4v) is 11.0. The molecule has 0 amide bonds. The summed E-state index contributed by atoms with van der Waals surface area (Å²) in [5.41, 5.74) is 18.3. The smallest absolute Gasteiger partial charge is 0.0465 e. The maximum absolute atomic E-state index is 2.42. The number of hydrogen-bond acceptors (Lipinski definition) is 1. The number of benzene rings is 12. The van der Waals surface area contributed by atoms with Crippen molar-refractivity contribution < 1.29 is 0 Å². The predicted octanol–water partition coefficient (Wildman–Crippen LogP) is 18.7. The first kappa shape index (κ1) is 39.8. The molecule has 0 spiro atoms. The van der Waals surface area contributed by atoms with E-state index in [-0.39, 0.29) is 5.41 Å². The number of fused-ring (bicyclic) bond motifs is 9. The third-order valence-corrected chi connectivity index (χ3v) is 14.7. The second-order valence-corrected chi connectivity index (χ2v) is 18.9. The molecule has 0 unspecified atom stereocenters. The van der Waals surface area contributed by atoms with Crippen LogP contribution >= 0.6 is 0 Å². The molecule has 1 aliphatic rings. The van der Waals surface area contributed by atoms with Crippen molar-refractivity contribution in [1.82, 2.24) is 0 Å². The summed E-state index contributed by atoms with van der Waals surface area (Å²) in [6.07, 6.45) is 0. The minimum Gasteiger partial charge on any atom is -0.310 e. The van der Waals surface area contributed by atoms with E-state index >= 15 is 0 Å². The van der Waals surface area contributed by atoms with Crippen molar-refractivity contribution in [2.75, 3.05) is 4.90 Å². The monoisotopic (exact) mass is 865 g/mol. The molecule has 0 fully saturated rings. The number of anilines is 3. The maximum Gasteiger partial charge on any atom is 0.0465 e. The van der Waals surface area contributed by atoms with Crippen molar-refractivity contribution in [2.45, 2.75) is 19.3 Å². The van der Waals surface area contributed by atoms with Gasteiger partial charge in [-0.2, -0.15) is 0 Å². The van der Waals surface area contributed by atoms with Crippen LogP contribution in [0.4, 0.5) is 17.1 Å². The van der Waals surface area contributed by atoms with Gasteiger partial charge in [0.05, 0.1) is 0 Å². The minimum absolute atomic E-state index is 0.109. The molecular weight excluding hydrogens is 819 g/mol. The van der Waals surface area contributed by atoms with Crippen molar-refractivity contribution in [3.8, 4) is 55.6 Å². The molecule has 1 nitrogen and oxygen atoms in total. The van der Waals surface area contributed by atoms with E-state index in [0.717, 1.165) is 17.1 Å². The van der Waals surface area contributed by atoms with Crippen LogP contribution < -0.4 is 4.90 Å². The quantitative estimate of drug-likeness (QED) is 0.144. The third-order valence-electron chi connectivity index (χ3n) is 14.7. The van der Waals surface area contributed by atoms with E-state index in [4.69, 9.17) is 0 Å². The molecule has 0 radical (unpaired) electrons. The van der Waals surface area contributed by atoms with E-state index < -0.39 is 0 Å². The van der Waals surface area contributed by atoms with E-state index in [1.807, 2.05) is 0 Å². The summed E-state index contributed by atoms with van der Waals surface area (Å²) in [6, 6.07) is 91.9. The molecule has 0 bridgehead atoms. The molecule has 0 N–H and O–H groups in total. The Morgan fingerprint density at radius 2 is 0.603 bits per heavy atom. The van der Waals surface area contributed by atoms with Crippen molar-refractivity contribution in [3.63, 3.8) is 0 Å². The standard InChI is InChI=1S/C67H47N/c1-67(2)65-14-8-7-13-63(65)64-40-37-58(43-66(64)67)68(56-33-27-46(28-34-56)44-15-19-48(20-16-44)52-31-38-61-54(41-52)25-23-50-9-3-5-11-59(50)61)57-35-29-47(30-36-57)45-17-21-49(22-18-45)53-32-39-62-55(42-53)26-24-51-10-4-6-12-60(51)62/h3-43H,1-2H3. The van der Waals surface area contributed by atoms with Gasteiger partial charge in [0.2, 0.25) is 0 Å². The Labute approximate surface area is 397 Å². The number of nitrogens with zero attached hydrogens (tertiary/aromatic N) is 1. The molecule has 13 rings (SSSR count). The van der Waals surface area contributed by atoms with Gasteiger partial charge in [0.15, 0.2) is 0 Å². The Kier molecular flexibility index (Phi) is 9.27. The molecule has 68 heavy (non-hydrogen) atoms. The highest BCUT2D eigenvalue weighted by atomic mass is 15.1. The highest BCUT2D eigenvalue weighted by Crippen LogP contribution is 2.51. The van der Waals surface area contributed by atoms with Crippen LogP contribution in [0.25, 0.3) is 98.7 Å². The molecule has 0 heterocycles. The highest BCUT2D eigenvalue weighted by Gasteiger charge is 2.35. The summed E-state index contributed by atoms with van der Waals surface area (Å²) >= 11 is 0. The molecule has 1 aliphatic carbocycles. The molecule has 0 saturated carbocycles. The molecule has 12 aromatic rings. The summed E-state index contributed by atoms with van der Waals surface area (Å²) in [6.45, 7) is 4.71. The molecule has 0 aliphatic heterocycles. The van der Waals surface area contributed by atoms with Gasteiger partial charge < -0.3 is 4.90 Å². The second-order valence-electron chi connectivity index (χ2n) is 18.9. The van der Waals surface area contributed by atoms with Gasteiger partial charge in [0, 0.05) is 22.5 Å². The summed E-state index contributed by atoms with van der Waals surface area (Å²) in [5.74, 6) is 0. The molecule has 320 valence electrons. The van der Waals surface area contributed by atoms with Gasteiger partial charge in [-0.3, -0.25) is 0 Å². The summed E-state index contributed by atoms with van der Waals surface area (Å²) in [7, 11) is 0. The van der Waals surface area contributed by atoms with E-state index in [1.54, 1.807) is 0 Å². The zero-order valence-electron chi connectivity index (χ0n) is 38.1. The molecular formula is C67H47N. The molecule has 0 aromatic heterocycles.